The monoisotopic (exact) mass is 456 g/mol. The minimum atomic E-state index is -0.0675. The Balaban J connectivity index is 1.63. The fourth-order valence-corrected chi connectivity index (χ4v) is 5.55. The Morgan fingerprint density at radius 1 is 1.07 bits per heavy atom. The summed E-state index contributed by atoms with van der Waals surface area (Å²) < 4.78 is 1.04. The zero-order valence-corrected chi connectivity index (χ0v) is 18.4. The van der Waals surface area contributed by atoms with Crippen molar-refractivity contribution in [3.8, 4) is 0 Å². The van der Waals surface area contributed by atoms with Gasteiger partial charge in [-0.1, -0.05) is 77.8 Å². The minimum Gasteiger partial charge on any atom is -0.356 e. The van der Waals surface area contributed by atoms with Crippen LogP contribution in [0.3, 0.4) is 0 Å². The zero-order valence-electron chi connectivity index (χ0n) is 16.0. The summed E-state index contributed by atoms with van der Waals surface area (Å²) in [6, 6.07) is 18.6. The van der Waals surface area contributed by atoms with Gasteiger partial charge in [0, 0.05) is 16.2 Å². The van der Waals surface area contributed by atoms with Gasteiger partial charge in [0.05, 0.1) is 4.91 Å². The predicted molar refractivity (Wildman–Crippen MR) is 122 cm³/mol. The molecule has 1 heterocycles. The van der Waals surface area contributed by atoms with Gasteiger partial charge in [0.2, 0.25) is 0 Å². The first-order valence-electron chi connectivity index (χ1n) is 9.90. The van der Waals surface area contributed by atoms with Crippen molar-refractivity contribution in [1.29, 1.82) is 0 Å². The van der Waals surface area contributed by atoms with Crippen molar-refractivity contribution in [3.05, 3.63) is 69.5 Å². The summed E-state index contributed by atoms with van der Waals surface area (Å²) in [6.07, 6.45) is 6.78. The molecule has 1 saturated heterocycles. The number of carbonyl (C=O) groups is 1. The van der Waals surface area contributed by atoms with E-state index < -0.39 is 0 Å². The molecule has 0 aromatic heterocycles. The quantitative estimate of drug-likeness (QED) is 0.544. The van der Waals surface area contributed by atoms with Crippen molar-refractivity contribution >= 4 is 45.4 Å². The first-order chi connectivity index (χ1) is 13.6. The van der Waals surface area contributed by atoms with Crippen LogP contribution in [0.25, 0.3) is 6.08 Å². The molecule has 0 radical (unpaired) electrons. The molecule has 2 aliphatic rings. The molecule has 2 fully saturated rings. The minimum absolute atomic E-state index is 0.0675. The smallest absolute Gasteiger partial charge is 0.262 e. The second-order valence-corrected chi connectivity index (χ2v) is 9.62. The van der Waals surface area contributed by atoms with Crippen molar-refractivity contribution in [2.75, 3.05) is 5.32 Å². The molecule has 1 aliphatic carbocycles. The van der Waals surface area contributed by atoms with Crippen LogP contribution in [0.2, 0.25) is 0 Å². The molecule has 1 saturated carbocycles. The molecule has 2 aromatic carbocycles. The number of benzene rings is 2. The van der Waals surface area contributed by atoms with Crippen molar-refractivity contribution in [1.82, 2.24) is 4.90 Å². The number of thioether (sulfide) groups is 1. The number of halogens is 1. The van der Waals surface area contributed by atoms with Crippen LogP contribution in [0.15, 0.2) is 64.0 Å². The van der Waals surface area contributed by atoms with Crippen LogP contribution < -0.4 is 5.32 Å². The Hall–Kier alpha value is -1.72. The van der Waals surface area contributed by atoms with E-state index in [1.165, 1.54) is 19.3 Å². The van der Waals surface area contributed by atoms with Crippen LogP contribution >= 0.6 is 27.7 Å². The highest BCUT2D eigenvalue weighted by atomic mass is 79.9. The van der Waals surface area contributed by atoms with Gasteiger partial charge >= 0.3 is 0 Å². The molecule has 3 nitrogen and oxygen atoms in total. The number of nitrogens with zero attached hydrogens (tertiary/aromatic N) is 1. The van der Waals surface area contributed by atoms with Gasteiger partial charge in [-0.25, -0.2) is 0 Å². The highest BCUT2D eigenvalue weighted by Gasteiger charge is 2.42. The summed E-state index contributed by atoms with van der Waals surface area (Å²) in [4.78, 5) is 16.3. The molecule has 1 N–H and O–H groups in total. The molecule has 1 aliphatic heterocycles. The fourth-order valence-electron chi connectivity index (χ4n) is 4.08. The fraction of sp³-hybridized carbons (Fsp3) is 0.348. The van der Waals surface area contributed by atoms with Gasteiger partial charge in [0.1, 0.15) is 0 Å². The third-order valence-electron chi connectivity index (χ3n) is 5.59. The lowest BCUT2D eigenvalue weighted by atomic mass is 9.85. The van der Waals surface area contributed by atoms with Gasteiger partial charge < -0.3 is 10.2 Å². The van der Waals surface area contributed by atoms with Gasteiger partial charge in [-0.05, 0) is 54.7 Å². The number of rotatable bonds is 4. The third-order valence-corrected chi connectivity index (χ3v) is 7.24. The molecular weight excluding hydrogens is 432 g/mol. The van der Waals surface area contributed by atoms with Gasteiger partial charge in [-0.15, -0.1) is 0 Å². The molecule has 146 valence electrons. The molecular formula is C23H25BrN2OS. The van der Waals surface area contributed by atoms with Crippen molar-refractivity contribution in [2.45, 2.75) is 44.1 Å². The second kappa shape index (κ2) is 8.75. The average Bonchev–Trinajstić information content (AvgIpc) is 3.00. The van der Waals surface area contributed by atoms with Crippen LogP contribution in [0.4, 0.5) is 5.69 Å². The van der Waals surface area contributed by atoms with E-state index in [2.05, 4.69) is 45.2 Å². The summed E-state index contributed by atoms with van der Waals surface area (Å²) >= 11 is 5.10. The lowest BCUT2D eigenvalue weighted by Gasteiger charge is -2.39. The predicted octanol–water partition coefficient (Wildman–Crippen LogP) is 6.34. The number of para-hydroxylation sites is 1. The zero-order chi connectivity index (χ0) is 19.5. The summed E-state index contributed by atoms with van der Waals surface area (Å²) in [5.41, 5.74) is 2.03. The molecule has 0 bridgehead atoms. The second-order valence-electron chi connectivity index (χ2n) is 7.58. The first kappa shape index (κ1) is 19.6. The van der Waals surface area contributed by atoms with Gasteiger partial charge in [0.15, 0.2) is 5.50 Å². The largest absolute Gasteiger partial charge is 0.356 e. The Kier molecular flexibility index (Phi) is 6.12. The molecule has 28 heavy (non-hydrogen) atoms. The molecule has 4 rings (SSSR count). The summed E-state index contributed by atoms with van der Waals surface area (Å²) in [7, 11) is 0. The number of anilines is 1. The molecule has 1 amide bonds. The van der Waals surface area contributed by atoms with Crippen molar-refractivity contribution < 1.29 is 4.79 Å². The van der Waals surface area contributed by atoms with Crippen LogP contribution in [0.1, 0.15) is 38.2 Å². The van der Waals surface area contributed by atoms with Crippen LogP contribution in [0, 0.1) is 5.92 Å². The highest BCUT2D eigenvalue weighted by molar-refractivity contribution is 9.10. The van der Waals surface area contributed by atoms with Gasteiger partial charge in [-0.3, -0.25) is 4.79 Å². The average molecular weight is 457 g/mol. The van der Waals surface area contributed by atoms with E-state index in [9.17, 15) is 4.79 Å². The third kappa shape index (κ3) is 4.31. The molecule has 2 aromatic rings. The van der Waals surface area contributed by atoms with Crippen LogP contribution in [0.5, 0.6) is 0 Å². The van der Waals surface area contributed by atoms with E-state index in [-0.39, 0.29) is 11.4 Å². The van der Waals surface area contributed by atoms with Gasteiger partial charge in [-0.2, -0.15) is 0 Å². The van der Waals surface area contributed by atoms with Crippen LogP contribution in [-0.4, -0.2) is 22.3 Å². The Labute approximate surface area is 179 Å². The van der Waals surface area contributed by atoms with E-state index >= 15 is 0 Å². The first-order valence-corrected chi connectivity index (χ1v) is 11.6. The number of hydrogen-bond donors (Lipinski definition) is 1. The van der Waals surface area contributed by atoms with E-state index in [4.69, 9.17) is 0 Å². The van der Waals surface area contributed by atoms with E-state index in [0.29, 0.717) is 12.0 Å². The topological polar surface area (TPSA) is 32.3 Å². The molecule has 5 heteroatoms. The Morgan fingerprint density at radius 3 is 2.50 bits per heavy atom. The van der Waals surface area contributed by atoms with E-state index in [1.54, 1.807) is 11.8 Å². The molecule has 3 atom stereocenters. The number of amides is 1. The van der Waals surface area contributed by atoms with E-state index in [1.807, 2.05) is 48.5 Å². The maximum atomic E-state index is 13.4. The maximum Gasteiger partial charge on any atom is 0.262 e. The number of carbonyl (C=O) groups excluding carboxylic acids is 1. The Bertz CT molecular complexity index is 853. The summed E-state index contributed by atoms with van der Waals surface area (Å²) in [5, 5.41) is 3.58. The van der Waals surface area contributed by atoms with Crippen molar-refractivity contribution in [2.24, 2.45) is 5.92 Å². The highest BCUT2D eigenvalue weighted by Crippen LogP contribution is 2.42. The molecule has 0 spiro atoms. The lowest BCUT2D eigenvalue weighted by Crippen LogP contribution is -2.48. The maximum absolute atomic E-state index is 13.4. The lowest BCUT2D eigenvalue weighted by molar-refractivity contribution is -0.129. The summed E-state index contributed by atoms with van der Waals surface area (Å²) in [5.74, 6) is 0.686. The van der Waals surface area contributed by atoms with Crippen molar-refractivity contribution in [3.63, 3.8) is 0 Å². The van der Waals surface area contributed by atoms with Gasteiger partial charge in [0.25, 0.3) is 5.91 Å². The van der Waals surface area contributed by atoms with Crippen LogP contribution in [-0.2, 0) is 4.79 Å². The molecule has 1 unspecified atom stereocenters. The number of hydrogen-bond acceptors (Lipinski definition) is 3. The number of nitrogens with one attached hydrogen (secondary N) is 1. The summed E-state index contributed by atoms with van der Waals surface area (Å²) in [6.45, 7) is 2.29. The SMILES string of the molecule is C[C@@H]1CCCC[C@@H]1N1C(=O)/C(=C/c2ccc(Br)cc2)SC1Nc1ccccc1. The normalized spacial score (nSPS) is 26.6. The van der Waals surface area contributed by atoms with E-state index in [0.717, 1.165) is 27.0 Å². The standard InChI is InChI=1S/C23H25BrN2OS/c1-16-7-5-6-10-20(16)26-22(27)21(15-17-11-13-18(24)14-12-17)28-23(26)25-19-8-3-2-4-9-19/h2-4,8-9,11-16,20,23,25H,5-7,10H2,1H3/b21-15-/t16-,20+,23?/m1/s1. The Morgan fingerprint density at radius 2 is 1.79 bits per heavy atom.